The number of nitrogens with zero attached hydrogens (tertiary/aromatic N) is 1. The van der Waals surface area contributed by atoms with Crippen molar-refractivity contribution in [2.75, 3.05) is 32.7 Å². The number of guanidine groups is 1. The van der Waals surface area contributed by atoms with Crippen LogP contribution in [0.4, 0.5) is 0 Å². The maximum Gasteiger partial charge on any atom is 0.191 e. The largest absolute Gasteiger partial charge is 0.496 e. The Hall–Kier alpha value is -1.03. The number of halogens is 1. The fraction of sp³-hybridized carbons (Fsp3) is 0.588. The summed E-state index contributed by atoms with van der Waals surface area (Å²) in [6, 6.07) is 6.21. The lowest BCUT2D eigenvalue weighted by atomic mass is 10.1. The van der Waals surface area contributed by atoms with Crippen LogP contribution in [0.2, 0.25) is 0 Å². The van der Waals surface area contributed by atoms with E-state index in [9.17, 15) is 8.42 Å². The van der Waals surface area contributed by atoms with Crippen LogP contribution in [0.5, 0.6) is 5.75 Å². The molecule has 144 valence electrons. The van der Waals surface area contributed by atoms with Gasteiger partial charge >= 0.3 is 0 Å². The number of aliphatic imine (C=N–C) groups is 1. The zero-order valence-corrected chi connectivity index (χ0v) is 18.8. The van der Waals surface area contributed by atoms with Crippen LogP contribution in [0.3, 0.4) is 0 Å². The van der Waals surface area contributed by atoms with E-state index in [2.05, 4.69) is 27.8 Å². The predicted octanol–water partition coefficient (Wildman–Crippen LogP) is 2.15. The van der Waals surface area contributed by atoms with Crippen molar-refractivity contribution in [2.24, 2.45) is 4.99 Å². The van der Waals surface area contributed by atoms with Gasteiger partial charge in [-0.2, -0.15) is 0 Å². The minimum atomic E-state index is -2.94. The van der Waals surface area contributed by atoms with Crippen LogP contribution < -0.4 is 15.4 Å². The van der Waals surface area contributed by atoms with E-state index < -0.39 is 9.84 Å². The van der Waals surface area contributed by atoms with Gasteiger partial charge in [0.15, 0.2) is 5.96 Å². The van der Waals surface area contributed by atoms with Crippen molar-refractivity contribution >= 4 is 39.8 Å². The molecule has 0 saturated heterocycles. The Bertz CT molecular complexity index is 663. The summed E-state index contributed by atoms with van der Waals surface area (Å²) >= 11 is 0. The van der Waals surface area contributed by atoms with E-state index in [1.54, 1.807) is 14.2 Å². The zero-order valence-electron chi connectivity index (χ0n) is 15.6. The molecule has 0 saturated carbocycles. The van der Waals surface area contributed by atoms with Crippen LogP contribution in [0.1, 0.15) is 24.5 Å². The Morgan fingerprint density at radius 2 is 2.04 bits per heavy atom. The number of aryl methyl sites for hydroxylation is 1. The number of rotatable bonds is 8. The molecular weight excluding hydrogens is 453 g/mol. The zero-order chi connectivity index (χ0) is 18.2. The fourth-order valence-corrected chi connectivity index (χ4v) is 3.02. The average Bonchev–Trinajstić information content (AvgIpc) is 2.52. The van der Waals surface area contributed by atoms with Gasteiger partial charge in [0.2, 0.25) is 0 Å². The molecule has 0 spiro atoms. The second kappa shape index (κ2) is 11.6. The summed E-state index contributed by atoms with van der Waals surface area (Å²) in [4.78, 5) is 4.17. The second-order valence-electron chi connectivity index (χ2n) is 6.02. The molecule has 1 atom stereocenters. The number of methoxy groups -OCH3 is 1. The Morgan fingerprint density at radius 3 is 2.60 bits per heavy atom. The van der Waals surface area contributed by atoms with Gasteiger partial charge in [0.1, 0.15) is 15.6 Å². The molecule has 0 aliphatic heterocycles. The van der Waals surface area contributed by atoms with Gasteiger partial charge in [0.05, 0.1) is 12.9 Å². The Labute approximate surface area is 168 Å². The van der Waals surface area contributed by atoms with Crippen molar-refractivity contribution in [3.63, 3.8) is 0 Å². The molecule has 1 unspecified atom stereocenters. The van der Waals surface area contributed by atoms with Crippen molar-refractivity contribution in [1.82, 2.24) is 10.6 Å². The van der Waals surface area contributed by atoms with Gasteiger partial charge in [-0.15, -0.1) is 24.0 Å². The maximum absolute atomic E-state index is 11.2. The van der Waals surface area contributed by atoms with Gasteiger partial charge in [0.25, 0.3) is 0 Å². The minimum absolute atomic E-state index is 0. The molecule has 0 aliphatic carbocycles. The molecule has 0 radical (unpaired) electrons. The van der Waals surface area contributed by atoms with Crippen molar-refractivity contribution in [1.29, 1.82) is 0 Å². The third-order valence-corrected chi connectivity index (χ3v) is 4.68. The molecule has 0 bridgehead atoms. The second-order valence-corrected chi connectivity index (χ2v) is 8.28. The Balaban J connectivity index is 0.00000576. The SMILES string of the molecule is CN=C(NCCc1ccc(C)c(OC)c1)NC(C)CCS(C)(=O)=O.I. The van der Waals surface area contributed by atoms with Crippen molar-refractivity contribution < 1.29 is 13.2 Å². The molecule has 1 aromatic rings. The first kappa shape index (κ1) is 24.0. The lowest BCUT2D eigenvalue weighted by Crippen LogP contribution is -2.43. The number of ether oxygens (including phenoxy) is 1. The van der Waals surface area contributed by atoms with Crippen molar-refractivity contribution in [3.8, 4) is 5.75 Å². The average molecular weight is 483 g/mol. The summed E-state index contributed by atoms with van der Waals surface area (Å²) in [6.45, 7) is 4.69. The van der Waals surface area contributed by atoms with Gasteiger partial charge in [-0.1, -0.05) is 12.1 Å². The number of benzene rings is 1. The monoisotopic (exact) mass is 483 g/mol. The first-order valence-electron chi connectivity index (χ1n) is 8.03. The van der Waals surface area contributed by atoms with Gasteiger partial charge in [-0.3, -0.25) is 4.99 Å². The van der Waals surface area contributed by atoms with E-state index in [4.69, 9.17) is 4.74 Å². The van der Waals surface area contributed by atoms with Crippen LogP contribution in [-0.2, 0) is 16.3 Å². The van der Waals surface area contributed by atoms with Gasteiger partial charge in [0, 0.05) is 25.9 Å². The number of nitrogens with one attached hydrogen (secondary N) is 2. The smallest absolute Gasteiger partial charge is 0.191 e. The molecule has 2 N–H and O–H groups in total. The van der Waals surface area contributed by atoms with E-state index in [1.807, 2.05) is 19.9 Å². The number of sulfone groups is 1. The molecule has 25 heavy (non-hydrogen) atoms. The molecule has 0 aromatic heterocycles. The fourth-order valence-electron chi connectivity index (χ4n) is 2.24. The maximum atomic E-state index is 11.2. The van der Waals surface area contributed by atoms with Gasteiger partial charge in [-0.25, -0.2) is 8.42 Å². The van der Waals surface area contributed by atoms with E-state index in [1.165, 1.54) is 11.8 Å². The van der Waals surface area contributed by atoms with E-state index in [0.717, 1.165) is 24.3 Å². The van der Waals surface area contributed by atoms with E-state index in [-0.39, 0.29) is 35.8 Å². The standard InChI is InChI=1S/C17H29N3O3S.HI/c1-13-6-7-15(12-16(13)23-4)8-10-19-17(18-3)20-14(2)9-11-24(5,21)22;/h6-7,12,14H,8-11H2,1-5H3,(H2,18,19,20);1H. The molecule has 1 rings (SSSR count). The molecule has 0 heterocycles. The normalized spacial score (nSPS) is 12.9. The minimum Gasteiger partial charge on any atom is -0.496 e. The predicted molar refractivity (Wildman–Crippen MR) is 115 cm³/mol. The van der Waals surface area contributed by atoms with Crippen LogP contribution in [0.15, 0.2) is 23.2 Å². The van der Waals surface area contributed by atoms with Crippen molar-refractivity contribution in [2.45, 2.75) is 32.7 Å². The summed E-state index contributed by atoms with van der Waals surface area (Å²) in [6.07, 6.45) is 2.65. The van der Waals surface area contributed by atoms with Crippen LogP contribution >= 0.6 is 24.0 Å². The third kappa shape index (κ3) is 9.88. The number of hydrogen-bond donors (Lipinski definition) is 2. The van der Waals surface area contributed by atoms with Crippen LogP contribution in [0.25, 0.3) is 0 Å². The highest BCUT2D eigenvalue weighted by atomic mass is 127. The third-order valence-electron chi connectivity index (χ3n) is 3.71. The summed E-state index contributed by atoms with van der Waals surface area (Å²) in [5.74, 6) is 1.74. The quantitative estimate of drug-likeness (QED) is 0.337. The molecule has 0 amide bonds. The highest BCUT2D eigenvalue weighted by Crippen LogP contribution is 2.18. The molecule has 0 fully saturated rings. The Kier molecular flexibility index (Phi) is 11.1. The van der Waals surface area contributed by atoms with Crippen LogP contribution in [-0.4, -0.2) is 53.1 Å². The summed E-state index contributed by atoms with van der Waals surface area (Å²) in [5.41, 5.74) is 2.30. The lowest BCUT2D eigenvalue weighted by Gasteiger charge is -2.17. The highest BCUT2D eigenvalue weighted by Gasteiger charge is 2.09. The first-order valence-corrected chi connectivity index (χ1v) is 10.1. The van der Waals surface area contributed by atoms with E-state index >= 15 is 0 Å². The molecule has 6 nitrogen and oxygen atoms in total. The molecular formula is C17H30IN3O3S. The summed E-state index contributed by atoms with van der Waals surface area (Å²) in [5, 5.41) is 6.45. The summed E-state index contributed by atoms with van der Waals surface area (Å²) in [7, 11) is 0.440. The number of hydrogen-bond acceptors (Lipinski definition) is 4. The van der Waals surface area contributed by atoms with Gasteiger partial charge in [-0.05, 0) is 43.9 Å². The summed E-state index contributed by atoms with van der Waals surface area (Å²) < 4.78 is 27.8. The molecule has 8 heteroatoms. The van der Waals surface area contributed by atoms with Crippen molar-refractivity contribution in [3.05, 3.63) is 29.3 Å². The molecule has 0 aliphatic rings. The van der Waals surface area contributed by atoms with Crippen LogP contribution in [0, 0.1) is 6.92 Å². The highest BCUT2D eigenvalue weighted by molar-refractivity contribution is 14.0. The molecule has 1 aromatic carbocycles. The topological polar surface area (TPSA) is 79.8 Å². The van der Waals surface area contributed by atoms with Gasteiger partial charge < -0.3 is 15.4 Å². The van der Waals surface area contributed by atoms with E-state index in [0.29, 0.717) is 12.4 Å². The Morgan fingerprint density at radius 1 is 1.36 bits per heavy atom. The first-order chi connectivity index (χ1) is 11.2. The lowest BCUT2D eigenvalue weighted by molar-refractivity contribution is 0.411.